The number of rotatable bonds is 3. The molecule has 7 heteroatoms. The summed E-state index contributed by atoms with van der Waals surface area (Å²) in [6, 6.07) is 6.28. The van der Waals surface area contributed by atoms with E-state index in [0.29, 0.717) is 5.02 Å². The van der Waals surface area contributed by atoms with Gasteiger partial charge in [-0.1, -0.05) is 11.6 Å². The third kappa shape index (κ3) is 2.42. The summed E-state index contributed by atoms with van der Waals surface area (Å²) in [5, 5.41) is 12.6. The number of benzene rings is 1. The predicted molar refractivity (Wildman–Crippen MR) is 59.7 cm³/mol. The Balaban J connectivity index is 2.03. The van der Waals surface area contributed by atoms with E-state index >= 15 is 0 Å². The van der Waals surface area contributed by atoms with E-state index in [2.05, 4.69) is 21.7 Å². The molecule has 0 aliphatic carbocycles. The van der Waals surface area contributed by atoms with Crippen molar-refractivity contribution in [2.24, 2.45) is 0 Å². The van der Waals surface area contributed by atoms with E-state index in [1.54, 1.807) is 24.3 Å². The Hall–Kier alpha value is -1.34. The molecule has 0 amide bonds. The maximum Gasteiger partial charge on any atom is 0.325 e. The van der Waals surface area contributed by atoms with Crippen LogP contribution in [-0.2, 0) is 4.79 Å². The standard InChI is InChI=1S/C9H11ClN4O2/c10-5-1-3-6(4-2-5)11-8-7(9(15)16)12-14-13-8/h1-4,7-8,11-14H,(H,15,16). The zero-order valence-corrected chi connectivity index (χ0v) is 8.95. The maximum absolute atomic E-state index is 10.9. The normalized spacial score (nSPS) is 24.3. The van der Waals surface area contributed by atoms with Crippen molar-refractivity contribution < 1.29 is 9.90 Å². The lowest BCUT2D eigenvalue weighted by Gasteiger charge is -2.17. The van der Waals surface area contributed by atoms with Crippen molar-refractivity contribution >= 4 is 23.3 Å². The summed E-state index contributed by atoms with van der Waals surface area (Å²) in [5.41, 5.74) is 8.71. The van der Waals surface area contributed by atoms with Gasteiger partial charge in [-0.05, 0) is 24.3 Å². The van der Waals surface area contributed by atoms with E-state index in [0.717, 1.165) is 5.69 Å². The molecular weight excluding hydrogens is 232 g/mol. The van der Waals surface area contributed by atoms with Gasteiger partial charge in [0.1, 0.15) is 6.17 Å². The summed E-state index contributed by atoms with van der Waals surface area (Å²) in [6.45, 7) is 0. The van der Waals surface area contributed by atoms with Crippen LogP contribution in [0.4, 0.5) is 5.69 Å². The van der Waals surface area contributed by atoms with Crippen LogP contribution < -0.4 is 21.7 Å². The number of anilines is 1. The van der Waals surface area contributed by atoms with Crippen LogP contribution in [0.3, 0.4) is 0 Å². The molecule has 1 aliphatic heterocycles. The molecule has 1 saturated heterocycles. The van der Waals surface area contributed by atoms with Gasteiger partial charge in [-0.25, -0.2) is 10.9 Å². The van der Waals surface area contributed by atoms with Gasteiger partial charge in [-0.3, -0.25) is 4.79 Å². The summed E-state index contributed by atoms with van der Waals surface area (Å²) < 4.78 is 0. The molecule has 16 heavy (non-hydrogen) atoms. The molecule has 0 saturated carbocycles. The van der Waals surface area contributed by atoms with Gasteiger partial charge in [0.15, 0.2) is 6.04 Å². The Labute approximate surface area is 96.9 Å². The van der Waals surface area contributed by atoms with Gasteiger partial charge in [0, 0.05) is 10.7 Å². The fraction of sp³-hybridized carbons (Fsp3) is 0.222. The second-order valence-electron chi connectivity index (χ2n) is 3.36. The lowest BCUT2D eigenvalue weighted by Crippen LogP contribution is -2.45. The predicted octanol–water partition coefficient (Wildman–Crippen LogP) is 0.144. The van der Waals surface area contributed by atoms with Crippen LogP contribution in [0, 0.1) is 0 Å². The van der Waals surface area contributed by atoms with Crippen LogP contribution in [0.5, 0.6) is 0 Å². The minimum atomic E-state index is -0.941. The first-order chi connectivity index (χ1) is 7.66. The first-order valence-electron chi connectivity index (χ1n) is 4.68. The van der Waals surface area contributed by atoms with Gasteiger partial charge in [0.2, 0.25) is 0 Å². The van der Waals surface area contributed by atoms with Crippen LogP contribution in [0.1, 0.15) is 0 Å². The largest absolute Gasteiger partial charge is 0.480 e. The lowest BCUT2D eigenvalue weighted by molar-refractivity contribution is -0.139. The molecule has 0 spiro atoms. The van der Waals surface area contributed by atoms with Crippen molar-refractivity contribution in [2.45, 2.75) is 12.2 Å². The van der Waals surface area contributed by atoms with Crippen LogP contribution in [-0.4, -0.2) is 23.3 Å². The van der Waals surface area contributed by atoms with Crippen LogP contribution in [0.15, 0.2) is 24.3 Å². The van der Waals surface area contributed by atoms with Gasteiger partial charge in [-0.2, -0.15) is 5.53 Å². The molecule has 86 valence electrons. The van der Waals surface area contributed by atoms with E-state index in [1.807, 2.05) is 0 Å². The summed E-state index contributed by atoms with van der Waals surface area (Å²) >= 11 is 5.75. The Morgan fingerprint density at radius 2 is 2.00 bits per heavy atom. The third-order valence-electron chi connectivity index (χ3n) is 2.22. The molecule has 1 heterocycles. The molecular formula is C9H11ClN4O2. The fourth-order valence-electron chi connectivity index (χ4n) is 1.41. The summed E-state index contributed by atoms with van der Waals surface area (Å²) in [6.07, 6.45) is -0.432. The van der Waals surface area contributed by atoms with Crippen LogP contribution in [0.2, 0.25) is 5.02 Å². The van der Waals surface area contributed by atoms with Gasteiger partial charge in [0.05, 0.1) is 0 Å². The quantitative estimate of drug-likeness (QED) is 0.519. The van der Waals surface area contributed by atoms with Crippen molar-refractivity contribution in [1.82, 2.24) is 16.4 Å². The molecule has 5 N–H and O–H groups in total. The summed E-state index contributed by atoms with van der Waals surface area (Å²) in [5.74, 6) is -0.941. The number of carboxylic acid groups (broad SMARTS) is 1. The highest BCUT2D eigenvalue weighted by atomic mass is 35.5. The zero-order chi connectivity index (χ0) is 11.5. The van der Waals surface area contributed by atoms with Gasteiger partial charge in [-0.15, -0.1) is 0 Å². The smallest absolute Gasteiger partial charge is 0.325 e. The lowest BCUT2D eigenvalue weighted by atomic mass is 10.2. The highest BCUT2D eigenvalue weighted by Gasteiger charge is 2.32. The molecule has 0 bridgehead atoms. The second kappa shape index (κ2) is 4.67. The SMILES string of the molecule is O=C(O)C1NNNC1Nc1ccc(Cl)cc1. The number of hydrazine groups is 2. The zero-order valence-electron chi connectivity index (χ0n) is 8.20. The maximum atomic E-state index is 10.9. The number of nitrogens with one attached hydrogen (secondary N) is 4. The van der Waals surface area contributed by atoms with E-state index in [4.69, 9.17) is 16.7 Å². The average molecular weight is 243 g/mol. The number of carboxylic acids is 1. The highest BCUT2D eigenvalue weighted by molar-refractivity contribution is 6.30. The second-order valence-corrected chi connectivity index (χ2v) is 3.79. The van der Waals surface area contributed by atoms with E-state index < -0.39 is 18.2 Å². The highest BCUT2D eigenvalue weighted by Crippen LogP contribution is 2.14. The van der Waals surface area contributed by atoms with Gasteiger partial charge >= 0.3 is 5.97 Å². The molecule has 1 fully saturated rings. The minimum absolute atomic E-state index is 0.432. The molecule has 2 unspecified atom stereocenters. The summed E-state index contributed by atoms with van der Waals surface area (Å²) in [7, 11) is 0. The Morgan fingerprint density at radius 3 is 2.62 bits per heavy atom. The Kier molecular flexibility index (Phi) is 3.25. The number of hydrogen-bond acceptors (Lipinski definition) is 5. The molecule has 6 nitrogen and oxygen atoms in total. The third-order valence-corrected chi connectivity index (χ3v) is 2.47. The molecule has 1 aliphatic rings. The molecule has 0 aromatic heterocycles. The van der Waals surface area contributed by atoms with Crippen molar-refractivity contribution in [2.75, 3.05) is 5.32 Å². The molecule has 2 atom stereocenters. The minimum Gasteiger partial charge on any atom is -0.480 e. The molecule has 0 radical (unpaired) electrons. The van der Waals surface area contributed by atoms with Crippen molar-refractivity contribution in [3.63, 3.8) is 0 Å². The van der Waals surface area contributed by atoms with Crippen LogP contribution in [0.25, 0.3) is 0 Å². The van der Waals surface area contributed by atoms with Crippen molar-refractivity contribution in [3.05, 3.63) is 29.3 Å². The molecule has 1 aromatic rings. The number of aliphatic carboxylic acids is 1. The van der Waals surface area contributed by atoms with E-state index in [-0.39, 0.29) is 0 Å². The molecule has 2 rings (SSSR count). The van der Waals surface area contributed by atoms with E-state index in [1.165, 1.54) is 0 Å². The van der Waals surface area contributed by atoms with Crippen LogP contribution >= 0.6 is 11.6 Å². The van der Waals surface area contributed by atoms with Crippen molar-refractivity contribution in [1.29, 1.82) is 0 Å². The topological polar surface area (TPSA) is 85.4 Å². The Morgan fingerprint density at radius 1 is 1.31 bits per heavy atom. The van der Waals surface area contributed by atoms with E-state index in [9.17, 15) is 4.79 Å². The Bertz CT molecular complexity index is 384. The first-order valence-corrected chi connectivity index (χ1v) is 5.05. The monoisotopic (exact) mass is 242 g/mol. The first kappa shape index (κ1) is 11.2. The summed E-state index contributed by atoms with van der Waals surface area (Å²) in [4.78, 5) is 10.9. The number of carbonyl (C=O) groups is 1. The van der Waals surface area contributed by atoms with Crippen molar-refractivity contribution in [3.8, 4) is 0 Å². The van der Waals surface area contributed by atoms with Gasteiger partial charge in [0.25, 0.3) is 0 Å². The molecule has 1 aromatic carbocycles. The average Bonchev–Trinajstić information content (AvgIpc) is 2.69. The fourth-order valence-corrected chi connectivity index (χ4v) is 1.54. The number of hydrogen-bond donors (Lipinski definition) is 5. The van der Waals surface area contributed by atoms with Gasteiger partial charge < -0.3 is 10.4 Å². The number of halogens is 1.